The number of halogens is 5. The number of hydrogen-bond donors (Lipinski definition) is 1. The molecule has 1 aliphatic heterocycles. The summed E-state index contributed by atoms with van der Waals surface area (Å²) >= 11 is 9.00. The Hall–Kier alpha value is -2.73. The second kappa shape index (κ2) is 10.7. The Morgan fingerprint density at radius 2 is 1.89 bits per heavy atom. The minimum atomic E-state index is -4.93. The molecule has 196 valence electrons. The van der Waals surface area contributed by atoms with Gasteiger partial charge in [0.15, 0.2) is 0 Å². The molecule has 2 heterocycles. The summed E-state index contributed by atoms with van der Waals surface area (Å²) < 4.78 is 47.2. The van der Waals surface area contributed by atoms with E-state index in [2.05, 4.69) is 31.0 Å². The van der Waals surface area contributed by atoms with E-state index in [-0.39, 0.29) is 27.2 Å². The lowest BCUT2D eigenvalue weighted by molar-refractivity contribution is -0.274. The molecule has 8 nitrogen and oxygen atoms in total. The van der Waals surface area contributed by atoms with Gasteiger partial charge in [-0.2, -0.15) is 0 Å². The summed E-state index contributed by atoms with van der Waals surface area (Å²) in [6.07, 6.45) is -3.87. The summed E-state index contributed by atoms with van der Waals surface area (Å²) in [6, 6.07) is 5.34. The van der Waals surface area contributed by atoms with Gasteiger partial charge in [0.05, 0.1) is 26.9 Å². The molecule has 1 aliphatic rings. The third-order valence-electron chi connectivity index (χ3n) is 5.07. The van der Waals surface area contributed by atoms with Crippen LogP contribution in [0.5, 0.6) is 5.75 Å². The number of aromatic nitrogens is 1. The first kappa shape index (κ1) is 27.9. The largest absolute Gasteiger partial charge is 0.573 e. The lowest BCUT2D eigenvalue weighted by Gasteiger charge is -2.40. The zero-order chi connectivity index (χ0) is 26.8. The summed E-state index contributed by atoms with van der Waals surface area (Å²) in [5.74, 6) is -0.676. The minimum absolute atomic E-state index is 0.0344. The van der Waals surface area contributed by atoms with E-state index in [0.717, 1.165) is 12.1 Å². The zero-order valence-corrected chi connectivity index (χ0v) is 22.3. The van der Waals surface area contributed by atoms with E-state index < -0.39 is 23.6 Å². The van der Waals surface area contributed by atoms with Crippen molar-refractivity contribution in [3.05, 3.63) is 45.5 Å². The lowest BCUT2D eigenvalue weighted by atomic mass is 10.2. The van der Waals surface area contributed by atoms with Crippen LogP contribution in [0.3, 0.4) is 0 Å². The topological polar surface area (TPSA) is 84.0 Å². The van der Waals surface area contributed by atoms with Crippen LogP contribution in [0, 0.1) is 0 Å². The second-order valence-electron chi connectivity index (χ2n) is 9.14. The number of benzene rings is 1. The van der Waals surface area contributed by atoms with Gasteiger partial charge in [-0.05, 0) is 67.9 Å². The summed E-state index contributed by atoms with van der Waals surface area (Å²) in [7, 11) is 0. The van der Waals surface area contributed by atoms with Crippen molar-refractivity contribution in [2.45, 2.75) is 45.7 Å². The van der Waals surface area contributed by atoms with Gasteiger partial charge < -0.3 is 24.6 Å². The molecule has 3 rings (SSSR count). The third kappa shape index (κ3) is 7.39. The average molecular weight is 594 g/mol. The van der Waals surface area contributed by atoms with E-state index in [4.69, 9.17) is 16.3 Å². The highest BCUT2D eigenvalue weighted by molar-refractivity contribution is 9.10. The number of anilines is 2. The number of hydrogen-bond acceptors (Lipinski definition) is 6. The highest BCUT2D eigenvalue weighted by atomic mass is 79.9. The van der Waals surface area contributed by atoms with Crippen LogP contribution in [-0.2, 0) is 4.74 Å². The van der Waals surface area contributed by atoms with Crippen LogP contribution in [0.25, 0.3) is 0 Å². The van der Waals surface area contributed by atoms with Gasteiger partial charge in [0.25, 0.3) is 5.91 Å². The molecule has 0 spiro atoms. The number of carbonyl (C=O) groups is 2. The van der Waals surface area contributed by atoms with Crippen molar-refractivity contribution in [3.8, 4) is 5.75 Å². The molecule has 0 aliphatic carbocycles. The number of piperazine rings is 1. The van der Waals surface area contributed by atoms with Crippen molar-refractivity contribution in [2.24, 2.45) is 0 Å². The molecular weight excluding hydrogens is 569 g/mol. The van der Waals surface area contributed by atoms with E-state index in [1.807, 2.05) is 32.6 Å². The Kier molecular flexibility index (Phi) is 8.29. The average Bonchev–Trinajstić information content (AvgIpc) is 2.74. The van der Waals surface area contributed by atoms with Gasteiger partial charge in [0, 0.05) is 25.7 Å². The number of nitrogens with zero attached hydrogens (tertiary/aromatic N) is 3. The molecule has 36 heavy (non-hydrogen) atoms. The highest BCUT2D eigenvalue weighted by Gasteiger charge is 2.33. The summed E-state index contributed by atoms with van der Waals surface area (Å²) in [6.45, 7) is 8.86. The lowest BCUT2D eigenvalue weighted by Crippen LogP contribution is -2.54. The molecule has 1 fully saturated rings. The molecule has 1 aromatic carbocycles. The smallest absolute Gasteiger partial charge is 0.444 e. The molecule has 0 saturated carbocycles. The Morgan fingerprint density at radius 3 is 2.44 bits per heavy atom. The van der Waals surface area contributed by atoms with Crippen LogP contribution >= 0.6 is 27.5 Å². The van der Waals surface area contributed by atoms with E-state index in [1.165, 1.54) is 6.20 Å². The van der Waals surface area contributed by atoms with Crippen LogP contribution in [0.15, 0.2) is 34.9 Å². The van der Waals surface area contributed by atoms with Crippen molar-refractivity contribution >= 4 is 51.0 Å². The van der Waals surface area contributed by atoms with Gasteiger partial charge in [-0.25, -0.2) is 9.78 Å². The van der Waals surface area contributed by atoms with Gasteiger partial charge in [-0.15, -0.1) is 13.2 Å². The number of ether oxygens (including phenoxy) is 2. The molecule has 1 atom stereocenters. The maximum atomic E-state index is 12.7. The standard InChI is InChI=1S/C23H25BrClF3N4O4/c1-13-12-31(21(34)36-22(2,3)4)7-8-32(13)19-6-5-14(11-29-19)30-20(33)15-9-18(35-23(26,27)28)16(24)10-17(15)25/h5-6,9-11,13H,7-8,12H2,1-4H3,(H,30,33)/t13-/m1/s1. The van der Waals surface area contributed by atoms with Gasteiger partial charge in [0.2, 0.25) is 0 Å². The molecule has 0 unspecified atom stereocenters. The second-order valence-corrected chi connectivity index (χ2v) is 10.4. The minimum Gasteiger partial charge on any atom is -0.444 e. The maximum absolute atomic E-state index is 12.7. The molecule has 2 amide bonds. The molecule has 1 N–H and O–H groups in total. The maximum Gasteiger partial charge on any atom is 0.573 e. The number of alkyl halides is 3. The Bertz CT molecular complexity index is 1130. The monoisotopic (exact) mass is 592 g/mol. The normalized spacial score (nSPS) is 16.5. The van der Waals surface area contributed by atoms with Crippen LogP contribution < -0.4 is 15.0 Å². The molecule has 13 heteroatoms. The van der Waals surface area contributed by atoms with Crippen LogP contribution in [0.2, 0.25) is 5.02 Å². The Labute approximate surface area is 219 Å². The van der Waals surface area contributed by atoms with Gasteiger partial charge in [0.1, 0.15) is 17.2 Å². The third-order valence-corrected chi connectivity index (χ3v) is 6.00. The predicted molar refractivity (Wildman–Crippen MR) is 133 cm³/mol. The fraction of sp³-hybridized carbons (Fsp3) is 0.435. The van der Waals surface area contributed by atoms with Crippen LogP contribution in [-0.4, -0.2) is 59.5 Å². The fourth-order valence-electron chi connectivity index (χ4n) is 3.52. The van der Waals surface area contributed by atoms with Crippen molar-refractivity contribution < 1.29 is 32.2 Å². The molecule has 0 bridgehead atoms. The first-order valence-corrected chi connectivity index (χ1v) is 12.1. The molecular formula is C23H25BrClF3N4O4. The van der Waals surface area contributed by atoms with Crippen molar-refractivity contribution in [2.75, 3.05) is 29.9 Å². The van der Waals surface area contributed by atoms with E-state index in [9.17, 15) is 22.8 Å². The molecule has 0 radical (unpaired) electrons. The number of pyridine rings is 1. The number of nitrogens with one attached hydrogen (secondary N) is 1. The van der Waals surface area contributed by atoms with E-state index in [1.54, 1.807) is 17.0 Å². The molecule has 1 aromatic heterocycles. The van der Waals surface area contributed by atoms with Crippen molar-refractivity contribution in [1.29, 1.82) is 0 Å². The number of rotatable bonds is 4. The summed E-state index contributed by atoms with van der Waals surface area (Å²) in [5, 5.41) is 2.51. The van der Waals surface area contributed by atoms with E-state index >= 15 is 0 Å². The molecule has 2 aromatic rings. The predicted octanol–water partition coefficient (Wildman–Crippen LogP) is 6.09. The summed E-state index contributed by atoms with van der Waals surface area (Å²) in [4.78, 5) is 33.1. The van der Waals surface area contributed by atoms with Crippen molar-refractivity contribution in [1.82, 2.24) is 9.88 Å². The molecule has 1 saturated heterocycles. The van der Waals surface area contributed by atoms with Crippen molar-refractivity contribution in [3.63, 3.8) is 0 Å². The quantitative estimate of drug-likeness (QED) is 0.462. The number of carbonyl (C=O) groups excluding carboxylic acids is 2. The van der Waals surface area contributed by atoms with Crippen LogP contribution in [0.1, 0.15) is 38.1 Å². The number of amides is 2. The Balaban J connectivity index is 1.66. The zero-order valence-electron chi connectivity index (χ0n) is 19.9. The SMILES string of the molecule is C[C@@H]1CN(C(=O)OC(C)(C)C)CCN1c1ccc(NC(=O)c2cc(OC(F)(F)F)c(Br)cc2Cl)cn1. The fourth-order valence-corrected chi connectivity index (χ4v) is 4.33. The van der Waals surface area contributed by atoms with Crippen LogP contribution in [0.4, 0.5) is 29.5 Å². The summed E-state index contributed by atoms with van der Waals surface area (Å²) in [5.41, 5.74) is -0.455. The van der Waals surface area contributed by atoms with Gasteiger partial charge in [-0.3, -0.25) is 4.79 Å². The first-order valence-electron chi connectivity index (χ1n) is 10.9. The van der Waals surface area contributed by atoms with Gasteiger partial charge in [-0.1, -0.05) is 11.6 Å². The Morgan fingerprint density at radius 1 is 1.19 bits per heavy atom. The van der Waals surface area contributed by atoms with E-state index in [0.29, 0.717) is 31.1 Å². The van der Waals surface area contributed by atoms with Gasteiger partial charge >= 0.3 is 12.5 Å². The first-order chi connectivity index (χ1) is 16.6. The highest BCUT2D eigenvalue weighted by Crippen LogP contribution is 2.35.